The number of anilines is 1. The van der Waals surface area contributed by atoms with Gasteiger partial charge in [0.1, 0.15) is 5.65 Å². The molecule has 1 unspecified atom stereocenters. The molecular weight excluding hydrogens is 328 g/mol. The third-order valence-electron chi connectivity index (χ3n) is 4.34. The second kappa shape index (κ2) is 6.57. The average Bonchev–Trinajstić information content (AvgIpc) is 3.29. The molecule has 3 N–H and O–H groups in total. The van der Waals surface area contributed by atoms with Crippen molar-refractivity contribution >= 4 is 17.3 Å². The van der Waals surface area contributed by atoms with Gasteiger partial charge in [0.25, 0.3) is 5.82 Å². The van der Waals surface area contributed by atoms with E-state index in [1.54, 1.807) is 23.3 Å². The van der Waals surface area contributed by atoms with Crippen molar-refractivity contribution in [3.05, 3.63) is 54.9 Å². The number of nitrogens with zero attached hydrogens (tertiary/aromatic N) is 6. The van der Waals surface area contributed by atoms with Crippen LogP contribution < -0.4 is 10.6 Å². The number of rotatable bonds is 5. The molecule has 4 rings (SSSR count). The highest BCUT2D eigenvalue weighted by Gasteiger charge is 2.15. The first-order valence-electron chi connectivity index (χ1n) is 8.48. The van der Waals surface area contributed by atoms with Gasteiger partial charge in [-0.3, -0.25) is 10.00 Å². The first-order valence-corrected chi connectivity index (χ1v) is 8.48. The van der Waals surface area contributed by atoms with E-state index in [9.17, 15) is 0 Å². The van der Waals surface area contributed by atoms with E-state index < -0.39 is 0 Å². The zero-order chi connectivity index (χ0) is 18.1. The maximum Gasteiger partial charge on any atom is 0.267 e. The Morgan fingerprint density at radius 2 is 2.04 bits per heavy atom. The minimum Gasteiger partial charge on any atom is -0.357 e. The molecule has 0 aromatic carbocycles. The van der Waals surface area contributed by atoms with Crippen molar-refractivity contribution in [2.24, 2.45) is 7.05 Å². The Morgan fingerprint density at radius 3 is 2.81 bits per heavy atom. The summed E-state index contributed by atoms with van der Waals surface area (Å²) in [5.74, 6) is 1.58. The van der Waals surface area contributed by atoms with Crippen molar-refractivity contribution in [2.45, 2.75) is 13.0 Å². The van der Waals surface area contributed by atoms with E-state index in [-0.39, 0.29) is 6.04 Å². The van der Waals surface area contributed by atoms with Gasteiger partial charge in [0.2, 0.25) is 5.82 Å². The summed E-state index contributed by atoms with van der Waals surface area (Å²) in [6.45, 7) is 2.11. The fourth-order valence-electron chi connectivity index (χ4n) is 2.89. The van der Waals surface area contributed by atoms with Gasteiger partial charge < -0.3 is 9.72 Å². The Bertz CT molecular complexity index is 1050. The lowest BCUT2D eigenvalue weighted by Gasteiger charge is -2.16. The maximum atomic E-state index is 4.77. The first-order chi connectivity index (χ1) is 12.6. The first kappa shape index (κ1) is 16.2. The molecule has 8 heteroatoms. The van der Waals surface area contributed by atoms with Crippen molar-refractivity contribution in [1.29, 1.82) is 0 Å². The standard InChI is InChI=1S/C18H20N8/c1-12(13-4-5-16-20-6-7-26(16)11-13)23-18-17(19-2)21-9-15(24-18)14-8-22-25(3)10-14/h4-12H,1-3H3,(H,19,21)(H,23,24)/p+1. The highest BCUT2D eigenvalue weighted by molar-refractivity contribution is 5.62. The van der Waals surface area contributed by atoms with E-state index in [2.05, 4.69) is 39.6 Å². The second-order valence-corrected chi connectivity index (χ2v) is 6.20. The molecular formula is C18H21N8+. The molecule has 0 fully saturated rings. The van der Waals surface area contributed by atoms with Crippen LogP contribution in [0, 0.1) is 0 Å². The predicted molar refractivity (Wildman–Crippen MR) is 99.0 cm³/mol. The zero-order valence-corrected chi connectivity index (χ0v) is 15.0. The molecule has 4 aromatic rings. The van der Waals surface area contributed by atoms with E-state index in [1.165, 1.54) is 0 Å². The van der Waals surface area contributed by atoms with Crippen LogP contribution in [0.2, 0.25) is 0 Å². The number of nitrogens with two attached hydrogens (primary N) is 1. The van der Waals surface area contributed by atoms with E-state index in [0.717, 1.165) is 34.1 Å². The Hall–Kier alpha value is -3.26. The molecule has 0 saturated carbocycles. The SMILES string of the molecule is C[NH2+]c1ncc(-c2cnn(C)c2)nc1NC(C)c1ccc2nccn2c1. The Kier molecular flexibility index (Phi) is 4.10. The number of pyridine rings is 1. The summed E-state index contributed by atoms with van der Waals surface area (Å²) in [7, 11) is 3.85. The number of aryl methyl sites for hydroxylation is 1. The molecule has 0 amide bonds. The molecule has 4 heterocycles. The molecule has 132 valence electrons. The topological polar surface area (TPSA) is 89.5 Å². The van der Waals surface area contributed by atoms with Crippen LogP contribution in [-0.2, 0) is 7.05 Å². The monoisotopic (exact) mass is 349 g/mol. The smallest absolute Gasteiger partial charge is 0.267 e. The predicted octanol–water partition coefficient (Wildman–Crippen LogP) is 1.52. The quantitative estimate of drug-likeness (QED) is 0.570. The summed E-state index contributed by atoms with van der Waals surface area (Å²) in [5, 5.41) is 9.65. The minimum absolute atomic E-state index is 0.0685. The number of hydrogen-bond donors (Lipinski definition) is 2. The number of fused-ring (bicyclic) bond motifs is 1. The molecule has 4 aromatic heterocycles. The summed E-state index contributed by atoms with van der Waals surface area (Å²) in [5.41, 5.74) is 3.81. The number of imidazole rings is 1. The lowest BCUT2D eigenvalue weighted by atomic mass is 10.1. The summed E-state index contributed by atoms with van der Waals surface area (Å²) in [6.07, 6.45) is 11.3. The second-order valence-electron chi connectivity index (χ2n) is 6.20. The molecule has 0 saturated heterocycles. The van der Waals surface area contributed by atoms with Crippen LogP contribution in [0.15, 0.2) is 49.3 Å². The third kappa shape index (κ3) is 3.02. The van der Waals surface area contributed by atoms with Crippen molar-refractivity contribution in [3.63, 3.8) is 0 Å². The van der Waals surface area contributed by atoms with E-state index in [0.29, 0.717) is 0 Å². The van der Waals surface area contributed by atoms with Gasteiger partial charge in [-0.25, -0.2) is 9.97 Å². The molecule has 0 aliphatic carbocycles. The Morgan fingerprint density at radius 1 is 1.15 bits per heavy atom. The van der Waals surface area contributed by atoms with Crippen LogP contribution in [-0.4, -0.2) is 36.2 Å². The third-order valence-corrected chi connectivity index (χ3v) is 4.34. The van der Waals surface area contributed by atoms with Gasteiger partial charge >= 0.3 is 0 Å². The highest BCUT2D eigenvalue weighted by atomic mass is 15.2. The zero-order valence-electron chi connectivity index (χ0n) is 15.0. The van der Waals surface area contributed by atoms with Crippen molar-refractivity contribution in [1.82, 2.24) is 29.1 Å². The maximum absolute atomic E-state index is 4.77. The molecule has 0 spiro atoms. The molecule has 0 radical (unpaired) electrons. The van der Waals surface area contributed by atoms with Gasteiger partial charge in [-0.15, -0.1) is 0 Å². The van der Waals surface area contributed by atoms with Crippen LogP contribution in [0.5, 0.6) is 0 Å². The minimum atomic E-state index is 0.0685. The molecule has 8 nitrogen and oxygen atoms in total. The van der Waals surface area contributed by atoms with Gasteiger partial charge in [0.05, 0.1) is 31.2 Å². The summed E-state index contributed by atoms with van der Waals surface area (Å²) >= 11 is 0. The lowest BCUT2D eigenvalue weighted by Crippen LogP contribution is -2.73. The van der Waals surface area contributed by atoms with Crippen molar-refractivity contribution in [3.8, 4) is 11.3 Å². The van der Waals surface area contributed by atoms with Crippen LogP contribution in [0.25, 0.3) is 16.9 Å². The van der Waals surface area contributed by atoms with Crippen LogP contribution in [0.3, 0.4) is 0 Å². The van der Waals surface area contributed by atoms with Crippen LogP contribution in [0.1, 0.15) is 18.5 Å². The lowest BCUT2D eigenvalue weighted by molar-refractivity contribution is -0.542. The van der Waals surface area contributed by atoms with E-state index in [4.69, 9.17) is 4.98 Å². The van der Waals surface area contributed by atoms with Gasteiger partial charge in [-0.1, -0.05) is 6.07 Å². The fourth-order valence-corrected chi connectivity index (χ4v) is 2.89. The van der Waals surface area contributed by atoms with Crippen molar-refractivity contribution < 1.29 is 5.32 Å². The molecule has 26 heavy (non-hydrogen) atoms. The van der Waals surface area contributed by atoms with Gasteiger partial charge in [-0.05, 0) is 18.6 Å². The molecule has 1 atom stereocenters. The number of hydrogen-bond acceptors (Lipinski definition) is 5. The van der Waals surface area contributed by atoms with Gasteiger partial charge in [0, 0.05) is 37.4 Å². The van der Waals surface area contributed by atoms with Crippen molar-refractivity contribution in [2.75, 3.05) is 12.4 Å². The van der Waals surface area contributed by atoms with E-state index in [1.807, 2.05) is 42.3 Å². The number of aromatic nitrogens is 6. The van der Waals surface area contributed by atoms with E-state index >= 15 is 0 Å². The Balaban J connectivity index is 1.65. The van der Waals surface area contributed by atoms with Gasteiger partial charge in [-0.2, -0.15) is 10.1 Å². The largest absolute Gasteiger partial charge is 0.357 e. The number of quaternary nitrogens is 1. The number of nitrogens with one attached hydrogen (secondary N) is 1. The summed E-state index contributed by atoms with van der Waals surface area (Å²) in [6, 6.07) is 4.16. The molecule has 0 bridgehead atoms. The van der Waals surface area contributed by atoms with Gasteiger partial charge in [0.15, 0.2) is 0 Å². The average molecular weight is 349 g/mol. The normalized spacial score (nSPS) is 12.4. The molecule has 0 aliphatic rings. The molecule has 0 aliphatic heterocycles. The fraction of sp³-hybridized carbons (Fsp3) is 0.222. The highest BCUT2D eigenvalue weighted by Crippen LogP contribution is 2.24. The summed E-state index contributed by atoms with van der Waals surface area (Å²) < 4.78 is 3.77. The Labute approximate surface area is 150 Å². The van der Waals surface area contributed by atoms with Crippen LogP contribution in [0.4, 0.5) is 11.6 Å². The van der Waals surface area contributed by atoms with Crippen LogP contribution >= 0.6 is 0 Å². The summed E-state index contributed by atoms with van der Waals surface area (Å²) in [4.78, 5) is 13.6.